The second-order valence-electron chi connectivity index (χ2n) is 38.9. The Hall–Kier alpha value is -10.5. The summed E-state index contributed by atoms with van der Waals surface area (Å²) in [6.07, 6.45) is 1.45. The van der Waals surface area contributed by atoms with Crippen LogP contribution >= 0.6 is 0 Å². The Labute approximate surface area is 823 Å². The second kappa shape index (κ2) is 44.8. The Morgan fingerprint density at radius 3 is 0.993 bits per heavy atom. The third kappa shape index (κ3) is 25.1. The number of benzene rings is 8. The average Bonchev–Trinajstić information content (AvgIpc) is 1.63. The number of hydrogen-bond donors (Lipinski definition) is 17. The van der Waals surface area contributed by atoms with Gasteiger partial charge >= 0.3 is 5.97 Å². The van der Waals surface area contributed by atoms with Gasteiger partial charge in [0.05, 0.1) is 31.0 Å². The smallest absolute Gasteiger partial charge is 0.303 e. The number of nitrogens with one attached hydrogen (secondary N) is 4. The number of likely N-dealkylation sites (tertiary alicyclic amines) is 4. The third-order valence-corrected chi connectivity index (χ3v) is 35.7. The summed E-state index contributed by atoms with van der Waals surface area (Å²) in [5, 5.41) is 141. The number of carbonyl (C=O) groups is 3. The van der Waals surface area contributed by atoms with Gasteiger partial charge in [0, 0.05) is 183 Å². The van der Waals surface area contributed by atoms with Gasteiger partial charge in [0.15, 0.2) is 0 Å². The molecule has 17 N–H and O–H groups in total. The molecule has 6 atom stereocenters. The van der Waals surface area contributed by atoms with Crippen molar-refractivity contribution in [3.8, 4) is 23.0 Å². The number of amides is 2. The normalized spacial score (nSPS) is 22.4. The number of aliphatic carboxylic acids is 1. The van der Waals surface area contributed by atoms with Gasteiger partial charge in [-0.15, -0.1) is 0 Å². The van der Waals surface area contributed by atoms with Crippen LogP contribution in [0.25, 0.3) is 0 Å². The first-order chi connectivity index (χ1) is 67.0. The maximum atomic E-state index is 13.2. The molecule has 10 aliphatic rings. The predicted molar refractivity (Wildman–Crippen MR) is 527 cm³/mol. The Kier molecular flexibility index (Phi) is 33.3. The van der Waals surface area contributed by atoms with Gasteiger partial charge in [-0.25, -0.2) is 33.7 Å². The van der Waals surface area contributed by atoms with Crippen molar-refractivity contribution in [3.63, 3.8) is 0 Å². The summed E-state index contributed by atoms with van der Waals surface area (Å²) < 4.78 is 111. The van der Waals surface area contributed by atoms with Crippen LogP contribution < -0.4 is 21.3 Å². The van der Waals surface area contributed by atoms with Crippen molar-refractivity contribution < 1.29 is 114 Å². The zero-order chi connectivity index (χ0) is 101. The molecule has 0 radical (unpaired) electrons. The number of fused-ring (bicyclic) bond motifs is 4. The van der Waals surface area contributed by atoms with Crippen molar-refractivity contribution in [2.75, 3.05) is 93.3 Å². The number of aromatic hydroxyl groups is 4. The molecule has 0 aromatic heterocycles. The molecule has 1 unspecified atom stereocenters. The van der Waals surface area contributed by atoms with E-state index in [4.69, 9.17) is 10.2 Å². The third-order valence-electron chi connectivity index (χ3n) is 28.3. The van der Waals surface area contributed by atoms with Gasteiger partial charge in [-0.2, -0.15) is 17.2 Å². The quantitative estimate of drug-likeness (QED) is 0.0267. The first kappa shape index (κ1) is 105. The molecule has 18 rings (SSSR count). The molecule has 8 heterocycles. The summed E-state index contributed by atoms with van der Waals surface area (Å²) >= 11 is 0. The fourth-order valence-electron chi connectivity index (χ4n) is 20.2. The molecule has 8 aromatic rings. The number of aryl methyl sites for hydroxylation is 4. The number of sulfonamides is 4. The standard InChI is InChI=1S/C27H35N3O7S.C27H33N3O7S.C24H31N3O5S.C23H31N3O5S/c2*1-16-2-5-25(22(31)10-16)38(36,37)30-14-17-3-4-21(11-19(17)15-30)28-20-6-8-29(9-7-20)27(35)18-12-23(32)26(34)24(33)13-18;1-17-4-7-23(22(28)13-17)33(31,32)27-15-18-5-6-21(14-19(18)16-27)25-20-8-11-26(12-9-20)10-2-3-24(29)30;1-16-2-5-23(22(29)10-16)32(30,31)26-12-17-3-4-20(11-18(17)13-26)24-19-6-8-25(9-7-19)14-21(28)15-27/h2-5,10-11,18,20,23-24,26,28,31-34H,6-9,12-15H2,1H3;2-5,10-12,20,23-24,26,28,31-34H,6-9,13-15H2,1H3;4-7,13-14,20,25,28H,2-3,8-12,15-16H2,1H3,(H,29,30);2-5,10-11,19,21,24,27-29H,6-9,12-15H2,1H3/t18?,23-,24-,26?;23-,24-,26-;;/m11../s1. The number of hydrogen-bond acceptors (Lipinski definition) is 29. The minimum Gasteiger partial charge on any atom is -0.507 e. The summed E-state index contributed by atoms with van der Waals surface area (Å²) in [7, 11) is -15.3. The van der Waals surface area contributed by atoms with E-state index >= 15 is 0 Å². The van der Waals surface area contributed by atoms with Gasteiger partial charge in [-0.1, -0.05) is 48.5 Å². The molecule has 762 valence electrons. The number of anilines is 4. The highest BCUT2D eigenvalue weighted by molar-refractivity contribution is 7.90. The number of piperidine rings is 4. The van der Waals surface area contributed by atoms with Crippen molar-refractivity contribution in [1.82, 2.24) is 36.8 Å². The Morgan fingerprint density at radius 2 is 0.688 bits per heavy atom. The van der Waals surface area contributed by atoms with E-state index < -0.39 is 94.7 Å². The fraction of sp³-hybridized carbons (Fsp3) is 0.475. The van der Waals surface area contributed by atoms with Crippen molar-refractivity contribution in [2.24, 2.45) is 5.92 Å². The lowest BCUT2D eigenvalue weighted by atomic mass is 9.82. The number of β-amino-alcohol motifs (C(OH)–C–C–N with tert-alkyl or cyclic N) is 1. The Bertz CT molecular complexity index is 6380. The van der Waals surface area contributed by atoms with Crippen LogP contribution in [0.15, 0.2) is 177 Å². The molecule has 141 heavy (non-hydrogen) atoms. The summed E-state index contributed by atoms with van der Waals surface area (Å²) in [4.78, 5) is 44.1. The number of carboxylic acid groups (broad SMARTS) is 1. The van der Waals surface area contributed by atoms with E-state index in [0.717, 1.165) is 161 Å². The summed E-state index contributed by atoms with van der Waals surface area (Å²) in [6, 6.07) is 42.9. The summed E-state index contributed by atoms with van der Waals surface area (Å²) in [5.74, 6) is -2.50. The van der Waals surface area contributed by atoms with E-state index in [1.54, 1.807) is 61.8 Å². The van der Waals surface area contributed by atoms with Crippen LogP contribution in [0.3, 0.4) is 0 Å². The van der Waals surface area contributed by atoms with Gasteiger partial charge in [-0.05, 0) is 275 Å². The minimum absolute atomic E-state index is 0.0145. The van der Waals surface area contributed by atoms with Crippen LogP contribution in [0.1, 0.15) is 150 Å². The van der Waals surface area contributed by atoms with E-state index in [0.29, 0.717) is 76.2 Å². The molecule has 8 aromatic carbocycles. The van der Waals surface area contributed by atoms with E-state index in [-0.39, 0.29) is 145 Å². The molecule has 8 aliphatic heterocycles. The zero-order valence-electron chi connectivity index (χ0n) is 79.5. The maximum Gasteiger partial charge on any atom is 0.303 e. The van der Waals surface area contributed by atoms with Crippen LogP contribution in [0.4, 0.5) is 22.7 Å². The molecule has 36 nitrogen and oxygen atoms in total. The minimum atomic E-state index is -3.85. The van der Waals surface area contributed by atoms with Crippen LogP contribution in [-0.4, -0.2) is 294 Å². The number of carboxylic acids is 1. The molecule has 2 aliphatic carbocycles. The molecular weight excluding hydrogens is 1890 g/mol. The van der Waals surface area contributed by atoms with E-state index in [1.807, 2.05) is 72.8 Å². The highest BCUT2D eigenvalue weighted by Crippen LogP contribution is 2.42. The first-order valence-electron chi connectivity index (χ1n) is 48.1. The molecule has 0 bridgehead atoms. The van der Waals surface area contributed by atoms with Crippen LogP contribution in [0, 0.1) is 33.6 Å². The number of aliphatic hydroxyl groups excluding tert-OH is 8. The van der Waals surface area contributed by atoms with Gasteiger partial charge in [0.1, 0.15) is 60.9 Å². The molecule has 4 saturated heterocycles. The Morgan fingerprint density at radius 1 is 0.383 bits per heavy atom. The second-order valence-corrected chi connectivity index (χ2v) is 46.5. The molecule has 5 fully saturated rings. The predicted octanol–water partition coefficient (Wildman–Crippen LogP) is 7.30. The first-order valence-corrected chi connectivity index (χ1v) is 53.8. The highest BCUT2D eigenvalue weighted by Gasteiger charge is 2.43. The number of rotatable bonds is 25. The molecular formula is C101H130N12O24S4. The number of aliphatic hydroxyl groups is 8. The van der Waals surface area contributed by atoms with E-state index in [1.165, 1.54) is 71.8 Å². The lowest BCUT2D eigenvalue weighted by Gasteiger charge is -2.38. The SMILES string of the molecule is Cc1ccc(S(=O)(=O)N2Cc3ccc(NC4CCN(C(=O)C5=C[C@@H](O)[C@@H](O)[C@H](O)C5)CC4)cc3C2)c(O)c1.Cc1ccc(S(=O)(=O)N2Cc3ccc(NC4CCN(C(=O)C5C[C@@H](O)C(O)[C@H](O)C5)CC4)cc3C2)c(O)c1.Cc1ccc(S(=O)(=O)N2Cc3ccc(NC4CCN(CC(O)CO)CC4)cc3C2)c(O)c1.Cc1ccc(S(=O)(=O)N2Cc3ccc(NC4CCN(CCCC(=O)O)CC4)cc3C2)c(O)c1. The topological polar surface area (TPSA) is 525 Å². The van der Waals surface area contributed by atoms with Gasteiger partial charge in [-0.3, -0.25) is 14.4 Å². The van der Waals surface area contributed by atoms with E-state index in [2.05, 4.69) is 31.1 Å². The van der Waals surface area contributed by atoms with Crippen molar-refractivity contribution >= 4 is 80.6 Å². The van der Waals surface area contributed by atoms with Gasteiger partial charge in [0.2, 0.25) is 51.9 Å². The highest BCUT2D eigenvalue weighted by atomic mass is 32.2. The molecule has 2 amide bonds. The number of phenols is 4. The molecule has 1 saturated carbocycles. The maximum absolute atomic E-state index is 13.2. The number of carbonyl (C=O) groups excluding carboxylic acids is 2. The van der Waals surface area contributed by atoms with Crippen molar-refractivity contribution in [3.05, 3.63) is 224 Å². The van der Waals surface area contributed by atoms with E-state index in [9.17, 15) is 104 Å². The molecule has 40 heteroatoms. The zero-order valence-corrected chi connectivity index (χ0v) is 82.8. The molecule has 0 spiro atoms. The lowest BCUT2D eigenvalue weighted by molar-refractivity contribution is -0.148. The van der Waals surface area contributed by atoms with Gasteiger partial charge in [0.25, 0.3) is 0 Å². The fourth-order valence-corrected chi connectivity index (χ4v) is 26.0. The van der Waals surface area contributed by atoms with Crippen LogP contribution in [0.5, 0.6) is 23.0 Å². The lowest BCUT2D eigenvalue weighted by Crippen LogP contribution is -2.51. The number of phenolic OH excluding ortho intramolecular Hbond substituents is 4. The number of nitrogens with zero attached hydrogens (tertiary/aromatic N) is 8. The summed E-state index contributed by atoms with van der Waals surface area (Å²) in [5.41, 5.74) is 14.7. The Balaban J connectivity index is 0.000000142. The monoisotopic (exact) mass is 2020 g/mol. The largest absolute Gasteiger partial charge is 0.507 e. The summed E-state index contributed by atoms with van der Waals surface area (Å²) in [6.45, 7) is 16.1. The van der Waals surface area contributed by atoms with Crippen molar-refractivity contribution in [2.45, 2.75) is 250 Å². The van der Waals surface area contributed by atoms with Crippen molar-refractivity contribution in [1.29, 1.82) is 0 Å². The van der Waals surface area contributed by atoms with Crippen LogP contribution in [-0.2, 0) is 107 Å². The van der Waals surface area contributed by atoms with Crippen LogP contribution in [0.2, 0.25) is 0 Å². The van der Waals surface area contributed by atoms with Gasteiger partial charge < -0.3 is 107 Å². The average molecular weight is 2020 g/mol.